The third-order valence-corrected chi connectivity index (χ3v) is 6.86. The fraction of sp³-hybridized carbons (Fsp3) is 0.192. The van der Waals surface area contributed by atoms with Crippen LogP contribution in [0, 0.1) is 6.92 Å². The van der Waals surface area contributed by atoms with Gasteiger partial charge in [0, 0.05) is 47.5 Å². The van der Waals surface area contributed by atoms with Gasteiger partial charge in [-0.05, 0) is 73.2 Å². The van der Waals surface area contributed by atoms with Crippen LogP contribution in [0.1, 0.15) is 26.3 Å². The minimum atomic E-state index is -0.296. The van der Waals surface area contributed by atoms with Gasteiger partial charge >= 0.3 is 0 Å². The molecule has 0 radical (unpaired) electrons. The molecule has 0 unspecified atom stereocenters. The van der Waals surface area contributed by atoms with Crippen molar-refractivity contribution >= 4 is 68.1 Å². The number of anilines is 2. The summed E-state index contributed by atoms with van der Waals surface area (Å²) in [6, 6.07) is 20.2. The molecule has 2 amide bonds. The zero-order chi connectivity index (χ0) is 24.9. The van der Waals surface area contributed by atoms with Crippen LogP contribution in [0.2, 0.25) is 5.02 Å². The molecule has 2 N–H and O–H groups in total. The Labute approximate surface area is 223 Å². The number of hydrogen-bond acceptors (Lipinski definition) is 4. The van der Waals surface area contributed by atoms with Crippen LogP contribution in [0.25, 0.3) is 0 Å². The number of hydrogen-bond donors (Lipinski definition) is 2. The molecule has 3 aromatic rings. The number of thiocarbonyl (C=S) groups is 1. The fourth-order valence-electron chi connectivity index (χ4n) is 3.91. The first-order valence-corrected chi connectivity index (χ1v) is 12.7. The first kappa shape index (κ1) is 25.2. The monoisotopic (exact) mass is 570 g/mol. The van der Waals surface area contributed by atoms with E-state index in [1.807, 2.05) is 48.2 Å². The Hall–Kier alpha value is -2.94. The molecule has 0 atom stereocenters. The van der Waals surface area contributed by atoms with Crippen LogP contribution in [-0.2, 0) is 0 Å². The number of carbonyl (C=O) groups excluding carboxylic acids is 2. The van der Waals surface area contributed by atoms with E-state index in [0.29, 0.717) is 42.5 Å². The molecular formula is C26H24BrClN4O2S. The first-order valence-electron chi connectivity index (χ1n) is 11.1. The first-order chi connectivity index (χ1) is 16.8. The maximum atomic E-state index is 12.9. The summed E-state index contributed by atoms with van der Waals surface area (Å²) >= 11 is 15.2. The Kier molecular flexibility index (Phi) is 8.05. The number of benzene rings is 3. The lowest BCUT2D eigenvalue weighted by Gasteiger charge is -2.36. The van der Waals surface area contributed by atoms with E-state index < -0.39 is 0 Å². The van der Waals surface area contributed by atoms with Gasteiger partial charge in [0.25, 0.3) is 11.8 Å². The molecular weight excluding hydrogens is 548 g/mol. The molecule has 6 nitrogen and oxygen atoms in total. The van der Waals surface area contributed by atoms with Gasteiger partial charge < -0.3 is 15.1 Å². The molecule has 0 aliphatic carbocycles. The van der Waals surface area contributed by atoms with Gasteiger partial charge in [0.05, 0.1) is 10.7 Å². The van der Waals surface area contributed by atoms with Crippen LogP contribution in [0.4, 0.5) is 11.4 Å². The number of piperazine rings is 1. The molecule has 0 aromatic heterocycles. The highest BCUT2D eigenvalue weighted by atomic mass is 79.9. The van der Waals surface area contributed by atoms with Crippen LogP contribution >= 0.6 is 39.7 Å². The summed E-state index contributed by atoms with van der Waals surface area (Å²) in [4.78, 5) is 29.3. The van der Waals surface area contributed by atoms with E-state index in [1.54, 1.807) is 30.3 Å². The molecule has 1 saturated heterocycles. The minimum Gasteiger partial charge on any atom is -0.367 e. The molecule has 3 aromatic carbocycles. The molecule has 35 heavy (non-hydrogen) atoms. The Balaban J connectivity index is 1.33. The quantitative estimate of drug-likeness (QED) is 0.405. The summed E-state index contributed by atoms with van der Waals surface area (Å²) in [5, 5.41) is 6.43. The number of nitrogens with one attached hydrogen (secondary N) is 2. The SMILES string of the molecule is Cc1ccccc1C(=O)N1CCN(c2ccc(NC(=S)NC(=O)c3ccc(Br)cc3)cc2Cl)CC1. The minimum absolute atomic E-state index is 0.0621. The molecule has 9 heteroatoms. The zero-order valence-electron chi connectivity index (χ0n) is 19.1. The largest absolute Gasteiger partial charge is 0.367 e. The van der Waals surface area contributed by atoms with Crippen LogP contribution in [0.15, 0.2) is 71.2 Å². The molecule has 1 aliphatic rings. The molecule has 0 saturated carbocycles. The van der Waals surface area contributed by atoms with Gasteiger partial charge in [0.2, 0.25) is 0 Å². The molecule has 1 heterocycles. The third kappa shape index (κ3) is 6.20. The Morgan fingerprint density at radius 1 is 0.971 bits per heavy atom. The van der Waals surface area contributed by atoms with Crippen molar-refractivity contribution in [1.82, 2.24) is 10.2 Å². The summed E-state index contributed by atoms with van der Waals surface area (Å²) in [5.74, 6) is -0.233. The van der Waals surface area contributed by atoms with E-state index in [2.05, 4.69) is 31.5 Å². The summed E-state index contributed by atoms with van der Waals surface area (Å²) in [7, 11) is 0. The van der Waals surface area contributed by atoms with Crippen LogP contribution in [-0.4, -0.2) is 48.0 Å². The van der Waals surface area contributed by atoms with Crippen molar-refractivity contribution in [2.24, 2.45) is 0 Å². The van der Waals surface area contributed by atoms with Crippen molar-refractivity contribution in [3.63, 3.8) is 0 Å². The number of carbonyl (C=O) groups is 2. The number of amides is 2. The van der Waals surface area contributed by atoms with Crippen LogP contribution in [0.5, 0.6) is 0 Å². The average Bonchev–Trinajstić information content (AvgIpc) is 2.84. The molecule has 180 valence electrons. The second kappa shape index (κ2) is 11.2. The van der Waals surface area contributed by atoms with E-state index in [1.165, 1.54) is 0 Å². The number of aryl methyl sites for hydroxylation is 1. The van der Waals surface area contributed by atoms with Crippen molar-refractivity contribution in [3.8, 4) is 0 Å². The zero-order valence-corrected chi connectivity index (χ0v) is 22.2. The fourth-order valence-corrected chi connectivity index (χ4v) is 4.69. The van der Waals surface area contributed by atoms with Crippen molar-refractivity contribution in [1.29, 1.82) is 0 Å². The summed E-state index contributed by atoms with van der Waals surface area (Å²) < 4.78 is 0.892. The van der Waals surface area contributed by atoms with E-state index in [9.17, 15) is 9.59 Å². The number of rotatable bonds is 4. The lowest BCUT2D eigenvalue weighted by Crippen LogP contribution is -2.49. The summed E-state index contributed by atoms with van der Waals surface area (Å²) in [5.41, 5.74) is 3.80. The van der Waals surface area contributed by atoms with E-state index in [4.69, 9.17) is 23.8 Å². The van der Waals surface area contributed by atoms with Crippen molar-refractivity contribution < 1.29 is 9.59 Å². The molecule has 0 bridgehead atoms. The third-order valence-electron chi connectivity index (χ3n) is 5.82. The van der Waals surface area contributed by atoms with E-state index >= 15 is 0 Å². The van der Waals surface area contributed by atoms with Crippen LogP contribution < -0.4 is 15.5 Å². The number of halogens is 2. The molecule has 1 aliphatic heterocycles. The normalized spacial score (nSPS) is 13.3. The van der Waals surface area contributed by atoms with E-state index in [-0.39, 0.29) is 16.9 Å². The van der Waals surface area contributed by atoms with Gasteiger partial charge in [0.15, 0.2) is 5.11 Å². The average molecular weight is 572 g/mol. The predicted octanol–water partition coefficient (Wildman–Crippen LogP) is 5.50. The number of nitrogens with zero attached hydrogens (tertiary/aromatic N) is 2. The maximum absolute atomic E-state index is 12.9. The Morgan fingerprint density at radius 2 is 1.66 bits per heavy atom. The lowest BCUT2D eigenvalue weighted by molar-refractivity contribution is 0.0746. The molecule has 1 fully saturated rings. The highest BCUT2D eigenvalue weighted by molar-refractivity contribution is 9.10. The highest BCUT2D eigenvalue weighted by Gasteiger charge is 2.24. The topological polar surface area (TPSA) is 64.7 Å². The molecule has 0 spiro atoms. The van der Waals surface area contributed by atoms with Crippen molar-refractivity contribution in [2.75, 3.05) is 36.4 Å². The van der Waals surface area contributed by atoms with Crippen LogP contribution in [0.3, 0.4) is 0 Å². The second-order valence-electron chi connectivity index (χ2n) is 8.18. The summed E-state index contributed by atoms with van der Waals surface area (Å²) in [6.45, 7) is 4.57. The predicted molar refractivity (Wildman–Crippen MR) is 149 cm³/mol. The lowest BCUT2D eigenvalue weighted by atomic mass is 10.1. The van der Waals surface area contributed by atoms with Gasteiger partial charge in [-0.15, -0.1) is 0 Å². The van der Waals surface area contributed by atoms with Gasteiger partial charge in [-0.1, -0.05) is 45.7 Å². The van der Waals surface area contributed by atoms with E-state index in [0.717, 1.165) is 21.3 Å². The standard InChI is InChI=1S/C26H24BrClN4O2S/c1-17-4-2-3-5-21(17)25(34)32-14-12-31(13-15-32)23-11-10-20(16-22(23)28)29-26(35)30-24(33)18-6-8-19(27)9-7-18/h2-11,16H,12-15H2,1H3,(H2,29,30,33,35). The Morgan fingerprint density at radius 3 is 2.31 bits per heavy atom. The van der Waals surface area contributed by atoms with Gasteiger partial charge in [-0.3, -0.25) is 14.9 Å². The highest BCUT2D eigenvalue weighted by Crippen LogP contribution is 2.30. The smallest absolute Gasteiger partial charge is 0.257 e. The van der Waals surface area contributed by atoms with Gasteiger partial charge in [-0.25, -0.2) is 0 Å². The second-order valence-corrected chi connectivity index (χ2v) is 9.91. The van der Waals surface area contributed by atoms with Crippen molar-refractivity contribution in [3.05, 3.63) is 92.9 Å². The van der Waals surface area contributed by atoms with Crippen molar-refractivity contribution in [2.45, 2.75) is 6.92 Å². The summed E-state index contributed by atoms with van der Waals surface area (Å²) in [6.07, 6.45) is 0. The van der Waals surface area contributed by atoms with Gasteiger partial charge in [-0.2, -0.15) is 0 Å². The van der Waals surface area contributed by atoms with Gasteiger partial charge in [0.1, 0.15) is 0 Å². The Bertz CT molecular complexity index is 1260. The molecule has 4 rings (SSSR count). The maximum Gasteiger partial charge on any atom is 0.257 e.